The van der Waals surface area contributed by atoms with Crippen molar-refractivity contribution in [2.75, 3.05) is 6.16 Å². The third kappa shape index (κ3) is 2.61. The van der Waals surface area contributed by atoms with Gasteiger partial charge in [-0.15, -0.1) is 0 Å². The Morgan fingerprint density at radius 2 is 1.92 bits per heavy atom. The summed E-state index contributed by atoms with van der Waals surface area (Å²) in [6, 6.07) is 0. The van der Waals surface area contributed by atoms with Gasteiger partial charge < -0.3 is 10.00 Å². The molecule has 0 spiro atoms. The SMILES string of the molecule is CCP(=O)(O)C(C)C(C)C(=O)O. The van der Waals surface area contributed by atoms with E-state index in [0.29, 0.717) is 0 Å². The molecule has 3 atom stereocenters. The fraction of sp³-hybridized carbons (Fsp3) is 0.857. The topological polar surface area (TPSA) is 74.6 Å². The molecule has 2 N–H and O–H groups in total. The van der Waals surface area contributed by atoms with Crippen molar-refractivity contribution in [3.05, 3.63) is 0 Å². The molecule has 0 aliphatic carbocycles. The Hall–Kier alpha value is -0.340. The highest BCUT2D eigenvalue weighted by Crippen LogP contribution is 2.48. The van der Waals surface area contributed by atoms with Crippen molar-refractivity contribution >= 4 is 13.3 Å². The van der Waals surface area contributed by atoms with E-state index in [-0.39, 0.29) is 6.16 Å². The number of carboxylic acid groups (broad SMARTS) is 1. The number of carboxylic acids is 1. The maximum atomic E-state index is 11.3. The van der Waals surface area contributed by atoms with Crippen molar-refractivity contribution in [1.82, 2.24) is 0 Å². The molecule has 0 aromatic rings. The zero-order chi connectivity index (χ0) is 9.94. The van der Waals surface area contributed by atoms with Gasteiger partial charge in [0, 0.05) is 11.8 Å². The lowest BCUT2D eigenvalue weighted by Crippen LogP contribution is -2.23. The van der Waals surface area contributed by atoms with Gasteiger partial charge in [-0.2, -0.15) is 0 Å². The number of hydrogen-bond acceptors (Lipinski definition) is 2. The standard InChI is InChI=1S/C7H15O4P/c1-4-12(10,11)6(3)5(2)7(8)9/h5-6H,4H2,1-3H3,(H,8,9)(H,10,11). The minimum absolute atomic E-state index is 0.131. The predicted molar refractivity (Wildman–Crippen MR) is 46.6 cm³/mol. The first-order valence-electron chi connectivity index (χ1n) is 3.87. The average molecular weight is 194 g/mol. The molecule has 12 heavy (non-hydrogen) atoms. The molecule has 0 aromatic carbocycles. The summed E-state index contributed by atoms with van der Waals surface area (Å²) in [6.45, 7) is 4.54. The van der Waals surface area contributed by atoms with Crippen molar-refractivity contribution in [2.24, 2.45) is 5.92 Å². The van der Waals surface area contributed by atoms with E-state index in [9.17, 15) is 14.3 Å². The van der Waals surface area contributed by atoms with Gasteiger partial charge in [-0.1, -0.05) is 20.8 Å². The van der Waals surface area contributed by atoms with E-state index in [4.69, 9.17) is 5.11 Å². The molecule has 4 nitrogen and oxygen atoms in total. The van der Waals surface area contributed by atoms with E-state index < -0.39 is 24.9 Å². The van der Waals surface area contributed by atoms with Gasteiger partial charge in [-0.25, -0.2) is 0 Å². The summed E-state index contributed by atoms with van der Waals surface area (Å²) in [7, 11) is -3.26. The molecule has 5 heteroatoms. The summed E-state index contributed by atoms with van der Waals surface area (Å²) in [5, 5.41) is 8.58. The molecule has 0 bridgehead atoms. The molecule has 0 rings (SSSR count). The van der Waals surface area contributed by atoms with Crippen LogP contribution >= 0.6 is 7.37 Å². The summed E-state index contributed by atoms with van der Waals surface area (Å²) in [6.07, 6.45) is 0.131. The number of aliphatic carboxylic acids is 1. The maximum absolute atomic E-state index is 11.3. The third-order valence-electron chi connectivity index (χ3n) is 2.20. The summed E-state index contributed by atoms with van der Waals surface area (Å²) in [5.41, 5.74) is -0.667. The fourth-order valence-corrected chi connectivity index (χ4v) is 2.25. The van der Waals surface area contributed by atoms with Gasteiger partial charge in [0.15, 0.2) is 0 Å². The van der Waals surface area contributed by atoms with E-state index in [1.165, 1.54) is 13.8 Å². The van der Waals surface area contributed by atoms with Gasteiger partial charge in [0.25, 0.3) is 0 Å². The van der Waals surface area contributed by atoms with E-state index in [2.05, 4.69) is 0 Å². The second kappa shape index (κ2) is 4.06. The molecule has 0 saturated heterocycles. The fourth-order valence-electron chi connectivity index (χ4n) is 0.844. The van der Waals surface area contributed by atoms with Crippen LogP contribution in [0.2, 0.25) is 0 Å². The highest BCUT2D eigenvalue weighted by Gasteiger charge is 2.33. The van der Waals surface area contributed by atoms with Crippen LogP contribution in [0, 0.1) is 5.92 Å². The van der Waals surface area contributed by atoms with Crippen molar-refractivity contribution < 1.29 is 19.4 Å². The Balaban J connectivity index is 4.49. The second-order valence-electron chi connectivity index (χ2n) is 2.94. The van der Waals surface area contributed by atoms with E-state index in [1.54, 1.807) is 6.92 Å². The van der Waals surface area contributed by atoms with Crippen LogP contribution in [0.5, 0.6) is 0 Å². The van der Waals surface area contributed by atoms with Gasteiger partial charge in [0.1, 0.15) is 0 Å². The number of hydrogen-bond donors (Lipinski definition) is 2. The van der Waals surface area contributed by atoms with Gasteiger partial charge >= 0.3 is 5.97 Å². The minimum Gasteiger partial charge on any atom is -0.481 e. The Morgan fingerprint density at radius 1 is 1.50 bits per heavy atom. The monoisotopic (exact) mass is 194 g/mol. The largest absolute Gasteiger partial charge is 0.481 e. The summed E-state index contributed by atoms with van der Waals surface area (Å²) >= 11 is 0. The van der Waals surface area contributed by atoms with Gasteiger partial charge in [-0.05, 0) is 0 Å². The quantitative estimate of drug-likeness (QED) is 0.663. The van der Waals surface area contributed by atoms with Crippen LogP contribution in [-0.4, -0.2) is 27.8 Å². The summed E-state index contributed by atoms with van der Waals surface area (Å²) < 4.78 is 11.3. The molecule has 72 valence electrons. The molecule has 0 heterocycles. The van der Waals surface area contributed by atoms with Crippen LogP contribution in [0.3, 0.4) is 0 Å². The molecule has 0 amide bonds. The molecule has 3 unspecified atom stereocenters. The average Bonchev–Trinajstić information content (AvgIpc) is 2.01. The Bertz CT molecular complexity index is 213. The van der Waals surface area contributed by atoms with E-state index in [0.717, 1.165) is 0 Å². The van der Waals surface area contributed by atoms with Crippen LogP contribution in [0.1, 0.15) is 20.8 Å². The van der Waals surface area contributed by atoms with Gasteiger partial charge in [0.05, 0.1) is 5.92 Å². The highest BCUT2D eigenvalue weighted by atomic mass is 31.2. The number of carbonyl (C=O) groups is 1. The lowest BCUT2D eigenvalue weighted by atomic mass is 10.1. The Labute approximate surface area is 72.1 Å². The summed E-state index contributed by atoms with van der Waals surface area (Å²) in [4.78, 5) is 19.8. The first kappa shape index (κ1) is 11.7. The third-order valence-corrected chi connectivity index (χ3v) is 4.83. The van der Waals surface area contributed by atoms with Crippen molar-refractivity contribution in [1.29, 1.82) is 0 Å². The van der Waals surface area contributed by atoms with Gasteiger partial charge in [0.2, 0.25) is 7.37 Å². The van der Waals surface area contributed by atoms with Crippen LogP contribution in [0.15, 0.2) is 0 Å². The Morgan fingerprint density at radius 3 is 2.17 bits per heavy atom. The molecule has 0 saturated carbocycles. The van der Waals surface area contributed by atoms with Crippen LogP contribution in [0.4, 0.5) is 0 Å². The molecular weight excluding hydrogens is 179 g/mol. The minimum atomic E-state index is -3.26. The molecule has 0 fully saturated rings. The smallest absolute Gasteiger partial charge is 0.307 e. The molecular formula is C7H15O4P. The lowest BCUT2D eigenvalue weighted by Gasteiger charge is -2.20. The van der Waals surface area contributed by atoms with Crippen LogP contribution < -0.4 is 0 Å². The zero-order valence-electron chi connectivity index (χ0n) is 7.52. The van der Waals surface area contributed by atoms with E-state index >= 15 is 0 Å². The predicted octanol–water partition coefficient (Wildman–Crippen LogP) is 1.39. The summed E-state index contributed by atoms with van der Waals surface area (Å²) in [5.74, 6) is -1.79. The normalized spacial score (nSPS) is 21.0. The molecule has 0 aromatic heterocycles. The van der Waals surface area contributed by atoms with Gasteiger partial charge in [-0.3, -0.25) is 9.36 Å². The van der Waals surface area contributed by atoms with Crippen molar-refractivity contribution in [3.8, 4) is 0 Å². The maximum Gasteiger partial charge on any atom is 0.307 e. The van der Waals surface area contributed by atoms with Crippen LogP contribution in [0.25, 0.3) is 0 Å². The second-order valence-corrected chi connectivity index (χ2v) is 5.90. The molecule has 0 radical (unpaired) electrons. The molecule has 0 aliphatic rings. The highest BCUT2D eigenvalue weighted by molar-refractivity contribution is 7.58. The number of rotatable bonds is 4. The zero-order valence-corrected chi connectivity index (χ0v) is 8.41. The lowest BCUT2D eigenvalue weighted by molar-refractivity contribution is -0.141. The van der Waals surface area contributed by atoms with Crippen LogP contribution in [-0.2, 0) is 9.36 Å². The van der Waals surface area contributed by atoms with Crippen molar-refractivity contribution in [2.45, 2.75) is 26.4 Å². The van der Waals surface area contributed by atoms with E-state index in [1.807, 2.05) is 0 Å². The Kier molecular flexibility index (Phi) is 3.94. The molecule has 0 aliphatic heterocycles. The van der Waals surface area contributed by atoms with Crippen molar-refractivity contribution in [3.63, 3.8) is 0 Å². The first-order chi connectivity index (χ1) is 5.33. The first-order valence-corrected chi connectivity index (χ1v) is 5.78.